The molecule has 26 heavy (non-hydrogen) atoms. The van der Waals surface area contributed by atoms with Crippen LogP contribution in [0.1, 0.15) is 16.7 Å². The second kappa shape index (κ2) is 6.87. The molecule has 1 saturated heterocycles. The third-order valence-corrected chi connectivity index (χ3v) is 6.04. The van der Waals surface area contributed by atoms with Gasteiger partial charge in [-0.1, -0.05) is 39.7 Å². The van der Waals surface area contributed by atoms with Crippen molar-refractivity contribution in [2.75, 3.05) is 19.6 Å². The van der Waals surface area contributed by atoms with Gasteiger partial charge in [-0.15, -0.1) is 0 Å². The summed E-state index contributed by atoms with van der Waals surface area (Å²) in [6.07, 6.45) is 2.02. The summed E-state index contributed by atoms with van der Waals surface area (Å²) in [6.45, 7) is 2.29. The Kier molecular flexibility index (Phi) is 4.71. The Morgan fingerprint density at radius 1 is 1.19 bits per heavy atom. The first-order valence-electron chi connectivity index (χ1n) is 8.55. The van der Waals surface area contributed by atoms with Gasteiger partial charge in [-0.2, -0.15) is 0 Å². The number of ether oxygens (including phenoxy) is 1. The molecule has 4 nitrogen and oxygen atoms in total. The van der Waals surface area contributed by atoms with Gasteiger partial charge < -0.3 is 9.84 Å². The largest absolute Gasteiger partial charge is 0.489 e. The molecule has 6 heteroatoms. The Balaban J connectivity index is 1.39. The number of carboxylic acids is 1. The van der Waals surface area contributed by atoms with E-state index < -0.39 is 5.97 Å². The highest BCUT2D eigenvalue weighted by molar-refractivity contribution is 9.10. The summed E-state index contributed by atoms with van der Waals surface area (Å²) in [4.78, 5) is 12.8. The summed E-state index contributed by atoms with van der Waals surface area (Å²) in [6, 6.07) is 12.1. The van der Waals surface area contributed by atoms with E-state index in [1.165, 1.54) is 11.1 Å². The quantitative estimate of drug-likeness (QED) is 0.764. The summed E-state index contributed by atoms with van der Waals surface area (Å²) < 4.78 is 6.89. The van der Waals surface area contributed by atoms with Gasteiger partial charge in [-0.05, 0) is 48.2 Å². The summed E-state index contributed by atoms with van der Waals surface area (Å²) in [5.41, 5.74) is 3.84. The summed E-state index contributed by atoms with van der Waals surface area (Å²) in [5.74, 6) is 0.0964. The number of rotatable bonds is 5. The molecule has 0 aromatic heterocycles. The van der Waals surface area contributed by atoms with Crippen LogP contribution in [0.15, 0.2) is 40.9 Å². The number of hydrogen-bond donors (Lipinski definition) is 1. The molecule has 0 amide bonds. The molecule has 1 aliphatic heterocycles. The molecule has 1 heterocycles. The molecule has 136 valence electrons. The zero-order valence-electron chi connectivity index (χ0n) is 14.2. The average molecular weight is 437 g/mol. The van der Waals surface area contributed by atoms with Crippen molar-refractivity contribution in [2.45, 2.75) is 19.4 Å². The number of aliphatic carboxylic acids is 1. The van der Waals surface area contributed by atoms with Crippen LogP contribution in [0.2, 0.25) is 5.02 Å². The molecule has 0 unspecified atom stereocenters. The van der Waals surface area contributed by atoms with Crippen LogP contribution in [0.5, 0.6) is 5.75 Å². The van der Waals surface area contributed by atoms with Crippen LogP contribution in [-0.4, -0.2) is 35.6 Å². The number of fused-ring (bicyclic) bond motifs is 1. The van der Waals surface area contributed by atoms with Crippen LogP contribution < -0.4 is 4.74 Å². The molecular weight excluding hydrogens is 418 g/mol. The van der Waals surface area contributed by atoms with E-state index in [1.807, 2.05) is 29.2 Å². The molecule has 0 radical (unpaired) electrons. The highest BCUT2D eigenvalue weighted by Gasteiger charge is 2.47. The molecule has 2 aliphatic rings. The monoisotopic (exact) mass is 435 g/mol. The maximum Gasteiger partial charge on any atom is 0.317 e. The third-order valence-electron chi connectivity index (χ3n) is 5.19. The lowest BCUT2D eigenvalue weighted by molar-refractivity contribution is -0.141. The Bertz CT molecular complexity index is 864. The Labute approximate surface area is 165 Å². The molecule has 0 atom stereocenters. The fourth-order valence-corrected chi connectivity index (χ4v) is 4.86. The van der Waals surface area contributed by atoms with E-state index in [2.05, 4.69) is 28.1 Å². The minimum absolute atomic E-state index is 0.139. The highest BCUT2D eigenvalue weighted by Crippen LogP contribution is 2.44. The molecule has 2 aromatic carbocycles. The number of nitrogens with zero attached hydrogens (tertiary/aromatic N) is 1. The molecule has 1 spiro atoms. The fraction of sp³-hybridized carbons (Fsp3) is 0.350. The first kappa shape index (κ1) is 17.8. The Morgan fingerprint density at radius 2 is 1.96 bits per heavy atom. The fourth-order valence-electron chi connectivity index (χ4n) is 4.13. The van der Waals surface area contributed by atoms with Crippen molar-refractivity contribution < 1.29 is 14.6 Å². The average Bonchev–Trinajstić information content (AvgIpc) is 2.91. The van der Waals surface area contributed by atoms with E-state index in [1.54, 1.807) is 0 Å². The van der Waals surface area contributed by atoms with Crippen molar-refractivity contribution in [1.29, 1.82) is 0 Å². The lowest BCUT2D eigenvalue weighted by atomic mass is 9.77. The number of likely N-dealkylation sites (tertiary alicyclic amines) is 1. The zero-order chi connectivity index (χ0) is 18.3. The standard InChI is InChI=1S/C20H19BrClNO3/c21-16-3-1-14(18(22)6-16)10-26-17-4-2-13-7-20(8-15(13)5-17)11-23(12-20)9-19(24)25/h1-6H,7-12H2,(H,24,25). The topological polar surface area (TPSA) is 49.8 Å². The lowest BCUT2D eigenvalue weighted by Crippen LogP contribution is -2.58. The van der Waals surface area contributed by atoms with Gasteiger partial charge in [0, 0.05) is 33.6 Å². The smallest absolute Gasteiger partial charge is 0.317 e. The van der Waals surface area contributed by atoms with Crippen LogP contribution >= 0.6 is 27.5 Å². The van der Waals surface area contributed by atoms with E-state index >= 15 is 0 Å². The minimum atomic E-state index is -0.752. The maximum atomic E-state index is 10.8. The maximum absolute atomic E-state index is 10.8. The summed E-state index contributed by atoms with van der Waals surface area (Å²) >= 11 is 9.65. The van der Waals surface area contributed by atoms with Crippen LogP contribution in [-0.2, 0) is 24.2 Å². The second-order valence-corrected chi connectivity index (χ2v) is 8.67. The van der Waals surface area contributed by atoms with Crippen molar-refractivity contribution >= 4 is 33.5 Å². The molecule has 1 N–H and O–H groups in total. The molecule has 1 fully saturated rings. The van der Waals surface area contributed by atoms with Crippen LogP contribution in [0.4, 0.5) is 0 Å². The molecule has 0 bridgehead atoms. The van der Waals surface area contributed by atoms with Crippen molar-refractivity contribution in [3.05, 3.63) is 62.6 Å². The molecule has 4 rings (SSSR count). The number of benzene rings is 2. The first-order chi connectivity index (χ1) is 12.4. The van der Waals surface area contributed by atoms with Crippen LogP contribution in [0, 0.1) is 5.41 Å². The van der Waals surface area contributed by atoms with Gasteiger partial charge in [-0.3, -0.25) is 9.69 Å². The normalized spacial score (nSPS) is 17.8. The molecule has 2 aromatic rings. The van der Waals surface area contributed by atoms with Gasteiger partial charge in [0.15, 0.2) is 0 Å². The Morgan fingerprint density at radius 3 is 2.69 bits per heavy atom. The number of carboxylic acid groups (broad SMARTS) is 1. The summed E-state index contributed by atoms with van der Waals surface area (Å²) in [7, 11) is 0. The van der Waals surface area contributed by atoms with Gasteiger partial charge >= 0.3 is 5.97 Å². The van der Waals surface area contributed by atoms with Gasteiger partial charge in [0.2, 0.25) is 0 Å². The number of halogens is 2. The van der Waals surface area contributed by atoms with Crippen LogP contribution in [0.3, 0.4) is 0 Å². The van der Waals surface area contributed by atoms with E-state index in [-0.39, 0.29) is 12.0 Å². The van der Waals surface area contributed by atoms with Gasteiger partial charge in [0.05, 0.1) is 6.54 Å². The number of hydrogen-bond acceptors (Lipinski definition) is 3. The van der Waals surface area contributed by atoms with E-state index in [9.17, 15) is 4.79 Å². The third kappa shape index (κ3) is 3.61. The minimum Gasteiger partial charge on any atom is -0.489 e. The first-order valence-corrected chi connectivity index (χ1v) is 9.72. The van der Waals surface area contributed by atoms with Crippen molar-refractivity contribution in [3.8, 4) is 5.75 Å². The predicted octanol–water partition coefficient (Wildman–Crippen LogP) is 4.17. The molecular formula is C20H19BrClNO3. The van der Waals surface area contributed by atoms with E-state index in [4.69, 9.17) is 21.4 Å². The number of carbonyl (C=O) groups is 1. The second-order valence-electron chi connectivity index (χ2n) is 7.35. The molecule has 0 saturated carbocycles. The van der Waals surface area contributed by atoms with Gasteiger partial charge in [0.1, 0.15) is 12.4 Å². The predicted molar refractivity (Wildman–Crippen MR) is 104 cm³/mol. The van der Waals surface area contributed by atoms with Gasteiger partial charge in [0.25, 0.3) is 0 Å². The van der Waals surface area contributed by atoms with E-state index in [0.29, 0.717) is 11.6 Å². The summed E-state index contributed by atoms with van der Waals surface area (Å²) in [5, 5.41) is 9.60. The zero-order valence-corrected chi connectivity index (χ0v) is 16.5. The molecule has 1 aliphatic carbocycles. The Hall–Kier alpha value is -1.56. The van der Waals surface area contributed by atoms with Gasteiger partial charge in [-0.25, -0.2) is 0 Å². The highest BCUT2D eigenvalue weighted by atomic mass is 79.9. The van der Waals surface area contributed by atoms with Crippen molar-refractivity contribution in [3.63, 3.8) is 0 Å². The lowest BCUT2D eigenvalue weighted by Gasteiger charge is -2.47. The van der Waals surface area contributed by atoms with Crippen molar-refractivity contribution in [1.82, 2.24) is 4.90 Å². The van der Waals surface area contributed by atoms with Crippen LogP contribution in [0.25, 0.3) is 0 Å². The van der Waals surface area contributed by atoms with E-state index in [0.717, 1.165) is 41.7 Å². The van der Waals surface area contributed by atoms with Crippen molar-refractivity contribution in [2.24, 2.45) is 5.41 Å². The SMILES string of the molecule is O=C(O)CN1CC2(Cc3ccc(OCc4ccc(Br)cc4Cl)cc3C2)C1.